The first-order chi connectivity index (χ1) is 12.6. The summed E-state index contributed by atoms with van der Waals surface area (Å²) in [6, 6.07) is 18.7. The summed E-state index contributed by atoms with van der Waals surface area (Å²) in [5.74, 6) is 0. The Hall–Kier alpha value is -2.53. The molecule has 0 bridgehead atoms. The Morgan fingerprint density at radius 1 is 0.962 bits per heavy atom. The highest BCUT2D eigenvalue weighted by molar-refractivity contribution is 5.89. The number of rotatable bonds is 5. The third-order valence-electron chi connectivity index (χ3n) is 4.53. The third kappa shape index (κ3) is 5.23. The minimum Gasteiger partial charge on any atom is -0.369 e. The normalized spacial score (nSPS) is 15.1. The van der Waals surface area contributed by atoms with Crippen molar-refractivity contribution in [1.82, 2.24) is 10.2 Å². The van der Waals surface area contributed by atoms with Crippen LogP contribution in [-0.2, 0) is 6.54 Å². The first-order valence-electron chi connectivity index (χ1n) is 9.29. The number of urea groups is 1. The van der Waals surface area contributed by atoms with Crippen molar-refractivity contribution in [3.8, 4) is 0 Å². The molecule has 26 heavy (non-hydrogen) atoms. The number of hydrogen-bond acceptors (Lipinski definition) is 3. The zero-order chi connectivity index (χ0) is 18.4. The molecule has 0 atom stereocenters. The highest BCUT2D eigenvalue weighted by Gasteiger charge is 2.17. The van der Waals surface area contributed by atoms with Crippen LogP contribution in [-0.4, -0.2) is 43.2 Å². The van der Waals surface area contributed by atoms with Gasteiger partial charge in [0.15, 0.2) is 0 Å². The van der Waals surface area contributed by atoms with E-state index in [1.807, 2.05) is 26.0 Å². The van der Waals surface area contributed by atoms with Crippen LogP contribution in [0.25, 0.3) is 0 Å². The second-order valence-corrected chi connectivity index (χ2v) is 7.05. The van der Waals surface area contributed by atoms with Crippen LogP contribution in [0.5, 0.6) is 0 Å². The second-order valence-electron chi connectivity index (χ2n) is 7.05. The van der Waals surface area contributed by atoms with Gasteiger partial charge in [0.2, 0.25) is 0 Å². The summed E-state index contributed by atoms with van der Waals surface area (Å²) in [4.78, 5) is 16.7. The largest absolute Gasteiger partial charge is 0.369 e. The lowest BCUT2D eigenvalue weighted by molar-refractivity contribution is 0.249. The maximum atomic E-state index is 11.8. The van der Waals surface area contributed by atoms with Crippen molar-refractivity contribution >= 4 is 17.4 Å². The molecular weight excluding hydrogens is 324 g/mol. The van der Waals surface area contributed by atoms with E-state index in [2.05, 4.69) is 62.9 Å². The predicted octanol–water partition coefficient (Wildman–Crippen LogP) is 3.54. The first-order valence-corrected chi connectivity index (χ1v) is 9.29. The van der Waals surface area contributed by atoms with Gasteiger partial charge >= 0.3 is 6.03 Å². The standard InChI is InChI=1S/C21H28N4O/c1-17(2)22-21(26)23-19-8-10-20(11-9-19)25-14-12-24(13-15-25)16-18-6-4-3-5-7-18/h3-11,17H,12-16H2,1-2H3,(H2,22,23,26). The Morgan fingerprint density at radius 2 is 1.62 bits per heavy atom. The Bertz CT molecular complexity index is 692. The van der Waals surface area contributed by atoms with E-state index in [4.69, 9.17) is 0 Å². The van der Waals surface area contributed by atoms with Gasteiger partial charge in [-0.05, 0) is 43.7 Å². The fraction of sp³-hybridized carbons (Fsp3) is 0.381. The molecule has 138 valence electrons. The minimum absolute atomic E-state index is 0.126. The van der Waals surface area contributed by atoms with Crippen LogP contribution < -0.4 is 15.5 Å². The van der Waals surface area contributed by atoms with Crippen molar-refractivity contribution in [1.29, 1.82) is 0 Å². The predicted molar refractivity (Wildman–Crippen MR) is 108 cm³/mol. The van der Waals surface area contributed by atoms with Crippen LogP contribution in [0.3, 0.4) is 0 Å². The van der Waals surface area contributed by atoms with Gasteiger partial charge in [-0.3, -0.25) is 4.90 Å². The van der Waals surface area contributed by atoms with Crippen molar-refractivity contribution in [2.24, 2.45) is 0 Å². The molecule has 2 amide bonds. The van der Waals surface area contributed by atoms with E-state index in [-0.39, 0.29) is 12.1 Å². The number of anilines is 2. The van der Waals surface area contributed by atoms with E-state index in [9.17, 15) is 4.79 Å². The molecule has 2 aromatic carbocycles. The lowest BCUT2D eigenvalue weighted by Gasteiger charge is -2.36. The summed E-state index contributed by atoms with van der Waals surface area (Å²) in [5.41, 5.74) is 3.39. The Labute approximate surface area is 156 Å². The number of hydrogen-bond donors (Lipinski definition) is 2. The molecule has 2 N–H and O–H groups in total. The number of nitrogens with one attached hydrogen (secondary N) is 2. The summed E-state index contributed by atoms with van der Waals surface area (Å²) >= 11 is 0. The topological polar surface area (TPSA) is 47.6 Å². The fourth-order valence-corrected chi connectivity index (χ4v) is 3.19. The van der Waals surface area contributed by atoms with Gasteiger partial charge in [0.25, 0.3) is 0 Å². The maximum absolute atomic E-state index is 11.8. The van der Waals surface area contributed by atoms with E-state index >= 15 is 0 Å². The van der Waals surface area contributed by atoms with Gasteiger partial charge in [-0.25, -0.2) is 4.79 Å². The molecule has 1 heterocycles. The molecule has 5 heteroatoms. The quantitative estimate of drug-likeness (QED) is 0.865. The zero-order valence-electron chi connectivity index (χ0n) is 15.6. The van der Waals surface area contributed by atoms with Gasteiger partial charge in [-0.1, -0.05) is 30.3 Å². The SMILES string of the molecule is CC(C)NC(=O)Nc1ccc(N2CCN(Cc3ccccc3)CC2)cc1. The smallest absolute Gasteiger partial charge is 0.319 e. The molecule has 5 nitrogen and oxygen atoms in total. The van der Waals surface area contributed by atoms with Crippen molar-refractivity contribution in [2.75, 3.05) is 36.4 Å². The summed E-state index contributed by atoms with van der Waals surface area (Å²) in [6.45, 7) is 9.07. The number of carbonyl (C=O) groups excluding carboxylic acids is 1. The molecule has 0 aliphatic carbocycles. The van der Waals surface area contributed by atoms with E-state index in [0.29, 0.717) is 0 Å². The summed E-state index contributed by atoms with van der Waals surface area (Å²) in [7, 11) is 0. The van der Waals surface area contributed by atoms with Gasteiger partial charge < -0.3 is 15.5 Å². The van der Waals surface area contributed by atoms with Crippen LogP contribution in [0.2, 0.25) is 0 Å². The number of nitrogens with zero attached hydrogens (tertiary/aromatic N) is 2. The third-order valence-corrected chi connectivity index (χ3v) is 4.53. The van der Waals surface area contributed by atoms with Crippen molar-refractivity contribution in [3.63, 3.8) is 0 Å². The molecular formula is C21H28N4O. The van der Waals surface area contributed by atoms with Crippen molar-refractivity contribution in [3.05, 3.63) is 60.2 Å². The van der Waals surface area contributed by atoms with Crippen LogP contribution in [0.4, 0.5) is 16.2 Å². The molecule has 2 aromatic rings. The monoisotopic (exact) mass is 352 g/mol. The Kier molecular flexibility index (Phi) is 6.12. The van der Waals surface area contributed by atoms with Gasteiger partial charge in [-0.15, -0.1) is 0 Å². The lowest BCUT2D eigenvalue weighted by atomic mass is 10.2. The molecule has 3 rings (SSSR count). The van der Waals surface area contributed by atoms with Crippen molar-refractivity contribution in [2.45, 2.75) is 26.4 Å². The summed E-state index contributed by atoms with van der Waals surface area (Å²) in [6.07, 6.45) is 0. The van der Waals surface area contributed by atoms with Crippen LogP contribution in [0, 0.1) is 0 Å². The van der Waals surface area contributed by atoms with Gasteiger partial charge in [0.1, 0.15) is 0 Å². The maximum Gasteiger partial charge on any atom is 0.319 e. The number of piperazine rings is 1. The van der Waals surface area contributed by atoms with Gasteiger partial charge in [0, 0.05) is 50.1 Å². The Morgan fingerprint density at radius 3 is 2.23 bits per heavy atom. The van der Waals surface area contributed by atoms with E-state index in [1.54, 1.807) is 0 Å². The molecule has 0 saturated carbocycles. The van der Waals surface area contributed by atoms with E-state index in [1.165, 1.54) is 11.3 Å². The van der Waals surface area contributed by atoms with Crippen LogP contribution in [0.15, 0.2) is 54.6 Å². The number of amides is 2. The molecule has 0 spiro atoms. The second kappa shape index (κ2) is 8.72. The van der Waals surface area contributed by atoms with Crippen LogP contribution >= 0.6 is 0 Å². The summed E-state index contributed by atoms with van der Waals surface area (Å²) < 4.78 is 0. The molecule has 1 saturated heterocycles. The minimum atomic E-state index is -0.165. The van der Waals surface area contributed by atoms with Gasteiger partial charge in [0.05, 0.1) is 0 Å². The average molecular weight is 352 g/mol. The summed E-state index contributed by atoms with van der Waals surface area (Å²) in [5, 5.41) is 5.69. The molecule has 0 unspecified atom stereocenters. The highest BCUT2D eigenvalue weighted by atomic mass is 16.2. The zero-order valence-corrected chi connectivity index (χ0v) is 15.6. The molecule has 1 aliphatic rings. The lowest BCUT2D eigenvalue weighted by Crippen LogP contribution is -2.45. The highest BCUT2D eigenvalue weighted by Crippen LogP contribution is 2.20. The molecule has 1 fully saturated rings. The average Bonchev–Trinajstić information content (AvgIpc) is 2.63. The fourth-order valence-electron chi connectivity index (χ4n) is 3.19. The van der Waals surface area contributed by atoms with Gasteiger partial charge in [-0.2, -0.15) is 0 Å². The molecule has 0 aromatic heterocycles. The number of benzene rings is 2. The van der Waals surface area contributed by atoms with E-state index in [0.717, 1.165) is 38.4 Å². The molecule has 0 radical (unpaired) electrons. The Balaban J connectivity index is 1.49. The van der Waals surface area contributed by atoms with Crippen LogP contribution in [0.1, 0.15) is 19.4 Å². The molecule has 1 aliphatic heterocycles. The van der Waals surface area contributed by atoms with Crippen molar-refractivity contribution < 1.29 is 4.79 Å². The van der Waals surface area contributed by atoms with E-state index < -0.39 is 0 Å². The number of carbonyl (C=O) groups is 1. The first kappa shape index (κ1) is 18.3.